The molecule has 0 aliphatic heterocycles. The second kappa shape index (κ2) is 5.76. The van der Waals surface area contributed by atoms with E-state index in [0.29, 0.717) is 11.9 Å². The van der Waals surface area contributed by atoms with Crippen LogP contribution >= 0.6 is 24.0 Å². The predicted octanol–water partition coefficient (Wildman–Crippen LogP) is 0.822. The maximum atomic E-state index is 9.92. The summed E-state index contributed by atoms with van der Waals surface area (Å²) in [6.07, 6.45) is -0.0176. The van der Waals surface area contributed by atoms with Gasteiger partial charge in [0.1, 0.15) is 6.35 Å². The maximum absolute atomic E-state index is 9.92. The number of hydrogen-bond donors (Lipinski definition) is 1. The third kappa shape index (κ3) is 6.63. The van der Waals surface area contributed by atoms with Crippen molar-refractivity contribution < 1.29 is 14.2 Å². The van der Waals surface area contributed by atoms with Crippen LogP contribution in [0.15, 0.2) is 0 Å². The molecule has 8 heavy (non-hydrogen) atoms. The second-order valence-electron chi connectivity index (χ2n) is 1.14. The first kappa shape index (κ1) is 8.63. The van der Waals surface area contributed by atoms with Gasteiger partial charge >= 0.3 is 0 Å². The summed E-state index contributed by atoms with van der Waals surface area (Å²) in [4.78, 5) is 8.18. The van der Waals surface area contributed by atoms with Crippen molar-refractivity contribution in [3.63, 3.8) is 0 Å². The van der Waals surface area contributed by atoms with Crippen LogP contribution in [0.4, 0.5) is 0 Å². The zero-order valence-electron chi connectivity index (χ0n) is 4.26. The van der Waals surface area contributed by atoms with Crippen molar-refractivity contribution in [3.05, 3.63) is 0 Å². The molecule has 0 saturated heterocycles. The van der Waals surface area contributed by atoms with Crippen LogP contribution in [-0.4, -0.2) is 23.2 Å². The van der Waals surface area contributed by atoms with E-state index in [1.807, 2.05) is 0 Å². The van der Waals surface area contributed by atoms with Crippen LogP contribution in [0.2, 0.25) is 0 Å². The molecule has 0 rings (SSSR count). The van der Waals surface area contributed by atoms with Crippen LogP contribution in [-0.2, 0) is 9.30 Å². The first-order chi connectivity index (χ1) is 3.77. The van der Waals surface area contributed by atoms with E-state index < -0.39 is 8.03 Å². The van der Waals surface area contributed by atoms with Crippen LogP contribution in [0.3, 0.4) is 0 Å². The van der Waals surface area contributed by atoms with Crippen LogP contribution in [0, 0.1) is 0 Å². The number of ether oxygens (including phenoxy) is 1. The third-order valence-corrected chi connectivity index (χ3v) is 1.22. The van der Waals surface area contributed by atoms with Gasteiger partial charge in [-0.1, -0.05) is 15.9 Å². The molecule has 0 aromatic rings. The topological polar surface area (TPSA) is 46.5 Å². The van der Waals surface area contributed by atoms with Crippen molar-refractivity contribution in [1.82, 2.24) is 0 Å². The molecule has 0 saturated carbocycles. The predicted molar refractivity (Wildman–Crippen MR) is 35.8 cm³/mol. The molecule has 0 bridgehead atoms. The minimum absolute atomic E-state index is 0.0176. The van der Waals surface area contributed by atoms with E-state index >= 15 is 0 Å². The van der Waals surface area contributed by atoms with Gasteiger partial charge in [-0.3, -0.25) is 4.57 Å². The standard InChI is InChI=1S/C3H8BrO3P/c4-1-2-7-3-8(5)6/h8H,1-3H2,(H,5,6). The highest BCUT2D eigenvalue weighted by Crippen LogP contribution is 2.11. The van der Waals surface area contributed by atoms with Crippen molar-refractivity contribution in [2.45, 2.75) is 0 Å². The van der Waals surface area contributed by atoms with Crippen LogP contribution < -0.4 is 0 Å². The lowest BCUT2D eigenvalue weighted by atomic mass is 10.9. The van der Waals surface area contributed by atoms with E-state index in [1.165, 1.54) is 0 Å². The molecule has 3 nitrogen and oxygen atoms in total. The van der Waals surface area contributed by atoms with Gasteiger partial charge < -0.3 is 9.63 Å². The number of hydrogen-bond acceptors (Lipinski definition) is 2. The third-order valence-electron chi connectivity index (χ3n) is 0.447. The Morgan fingerprint density at radius 1 is 1.75 bits per heavy atom. The molecule has 0 amide bonds. The van der Waals surface area contributed by atoms with Gasteiger partial charge in [0.15, 0.2) is 0 Å². The molecular weight excluding hydrogens is 195 g/mol. The molecule has 1 N–H and O–H groups in total. The fourth-order valence-corrected chi connectivity index (χ4v) is 0.762. The van der Waals surface area contributed by atoms with Crippen molar-refractivity contribution in [2.24, 2.45) is 0 Å². The van der Waals surface area contributed by atoms with Gasteiger partial charge in [0.05, 0.1) is 6.61 Å². The van der Waals surface area contributed by atoms with Gasteiger partial charge in [-0.2, -0.15) is 0 Å². The lowest BCUT2D eigenvalue weighted by molar-refractivity contribution is 0.191. The number of rotatable bonds is 4. The van der Waals surface area contributed by atoms with Crippen LogP contribution in [0.25, 0.3) is 0 Å². The smallest absolute Gasteiger partial charge is 0.214 e. The Hall–Kier alpha value is 0.630. The molecule has 50 valence electrons. The zero-order chi connectivity index (χ0) is 6.41. The van der Waals surface area contributed by atoms with E-state index in [1.54, 1.807) is 0 Å². The molecule has 0 aromatic carbocycles. The average Bonchev–Trinajstić information content (AvgIpc) is 1.66. The molecule has 1 atom stereocenters. The van der Waals surface area contributed by atoms with Gasteiger partial charge in [0.25, 0.3) is 0 Å². The monoisotopic (exact) mass is 202 g/mol. The number of alkyl halides is 1. The van der Waals surface area contributed by atoms with E-state index in [2.05, 4.69) is 20.7 Å². The first-order valence-electron chi connectivity index (χ1n) is 2.13. The molecule has 0 heterocycles. The van der Waals surface area contributed by atoms with Crippen molar-refractivity contribution in [3.8, 4) is 0 Å². The molecule has 0 spiro atoms. The summed E-state index contributed by atoms with van der Waals surface area (Å²) in [5, 5.41) is 0.710. The quantitative estimate of drug-likeness (QED) is 0.418. The molecule has 1 unspecified atom stereocenters. The molecule has 0 aromatic heterocycles. The van der Waals surface area contributed by atoms with E-state index in [4.69, 9.17) is 4.89 Å². The SMILES string of the molecule is O=[PH](O)COCCBr. The normalized spacial score (nSPS) is 13.8. The molecule has 0 radical (unpaired) electrons. The summed E-state index contributed by atoms with van der Waals surface area (Å²) in [6.45, 7) is 0.497. The summed E-state index contributed by atoms with van der Waals surface area (Å²) in [5.74, 6) is 0. The fraction of sp³-hybridized carbons (Fsp3) is 1.00. The average molecular weight is 203 g/mol. The Morgan fingerprint density at radius 2 is 2.38 bits per heavy atom. The number of halogens is 1. The Morgan fingerprint density at radius 3 is 2.75 bits per heavy atom. The van der Waals surface area contributed by atoms with E-state index in [0.717, 1.165) is 0 Å². The second-order valence-corrected chi connectivity index (χ2v) is 3.00. The Bertz CT molecular complexity index is 76.9. The summed E-state index contributed by atoms with van der Waals surface area (Å²) in [7, 11) is -2.40. The highest BCUT2D eigenvalue weighted by atomic mass is 79.9. The minimum atomic E-state index is -2.40. The lowest BCUT2D eigenvalue weighted by Crippen LogP contribution is -1.92. The highest BCUT2D eigenvalue weighted by Gasteiger charge is 1.89. The Kier molecular flexibility index (Phi) is 6.21. The molecule has 0 aliphatic rings. The first-order valence-corrected chi connectivity index (χ1v) is 4.81. The summed E-state index contributed by atoms with van der Waals surface area (Å²) >= 11 is 3.10. The maximum Gasteiger partial charge on any atom is 0.214 e. The van der Waals surface area contributed by atoms with Crippen molar-refractivity contribution in [2.75, 3.05) is 18.3 Å². The Labute approximate surface area is 57.0 Å². The van der Waals surface area contributed by atoms with Gasteiger partial charge in [0.2, 0.25) is 8.03 Å². The van der Waals surface area contributed by atoms with Crippen LogP contribution in [0.1, 0.15) is 0 Å². The summed E-state index contributed by atoms with van der Waals surface area (Å²) in [5.41, 5.74) is 0. The summed E-state index contributed by atoms with van der Waals surface area (Å²) in [6, 6.07) is 0. The van der Waals surface area contributed by atoms with Gasteiger partial charge in [-0.15, -0.1) is 0 Å². The molecule has 5 heteroatoms. The van der Waals surface area contributed by atoms with Gasteiger partial charge in [0, 0.05) is 5.33 Å². The Balaban J connectivity index is 2.82. The lowest BCUT2D eigenvalue weighted by Gasteiger charge is -1.94. The zero-order valence-corrected chi connectivity index (χ0v) is 6.85. The van der Waals surface area contributed by atoms with Gasteiger partial charge in [-0.05, 0) is 0 Å². The molecule has 0 fully saturated rings. The largest absolute Gasteiger partial charge is 0.371 e. The summed E-state index contributed by atoms with van der Waals surface area (Å²) < 4.78 is 14.6. The van der Waals surface area contributed by atoms with E-state index in [9.17, 15) is 4.57 Å². The van der Waals surface area contributed by atoms with Crippen molar-refractivity contribution in [1.29, 1.82) is 0 Å². The van der Waals surface area contributed by atoms with Crippen molar-refractivity contribution >= 4 is 24.0 Å². The molecule has 0 aliphatic carbocycles. The van der Waals surface area contributed by atoms with Crippen LogP contribution in [0.5, 0.6) is 0 Å². The minimum Gasteiger partial charge on any atom is -0.371 e. The van der Waals surface area contributed by atoms with Gasteiger partial charge in [-0.25, -0.2) is 0 Å². The molecular formula is C3H8BrO3P. The fourth-order valence-electron chi connectivity index (χ4n) is 0.214. The highest BCUT2D eigenvalue weighted by molar-refractivity contribution is 9.09. The van der Waals surface area contributed by atoms with E-state index in [-0.39, 0.29) is 6.35 Å².